The Balaban J connectivity index is 1.77. The first-order chi connectivity index (χ1) is 7.73. The molecule has 0 aromatic carbocycles. The van der Waals surface area contributed by atoms with Crippen molar-refractivity contribution >= 4 is 0 Å². The van der Waals surface area contributed by atoms with Crippen molar-refractivity contribution in [2.45, 2.75) is 77.7 Å². The Kier molecular flexibility index (Phi) is 4.29. The Morgan fingerprint density at radius 2 is 1.81 bits per heavy atom. The molecule has 2 aliphatic rings. The molecule has 0 heterocycles. The molecule has 0 amide bonds. The molecule has 0 bridgehead atoms. The molecule has 0 aromatic rings. The van der Waals surface area contributed by atoms with Crippen LogP contribution in [-0.4, -0.2) is 12.6 Å². The van der Waals surface area contributed by atoms with Crippen LogP contribution in [0.2, 0.25) is 0 Å². The van der Waals surface area contributed by atoms with Crippen molar-refractivity contribution in [3.8, 4) is 0 Å². The van der Waals surface area contributed by atoms with Gasteiger partial charge < -0.3 is 5.32 Å². The normalized spacial score (nSPS) is 34.1. The lowest BCUT2D eigenvalue weighted by Gasteiger charge is -2.35. The molecule has 0 spiro atoms. The van der Waals surface area contributed by atoms with E-state index in [2.05, 4.69) is 19.2 Å². The van der Waals surface area contributed by atoms with Gasteiger partial charge in [-0.25, -0.2) is 0 Å². The second-order valence-corrected chi connectivity index (χ2v) is 6.46. The van der Waals surface area contributed by atoms with Gasteiger partial charge in [0.25, 0.3) is 0 Å². The lowest BCUT2D eigenvalue weighted by atomic mass is 9.75. The summed E-state index contributed by atoms with van der Waals surface area (Å²) in [6, 6.07) is 0.837. The molecule has 2 unspecified atom stereocenters. The Morgan fingerprint density at radius 1 is 1.06 bits per heavy atom. The van der Waals surface area contributed by atoms with Crippen molar-refractivity contribution in [1.82, 2.24) is 5.32 Å². The van der Waals surface area contributed by atoms with Gasteiger partial charge in [-0.15, -0.1) is 0 Å². The minimum atomic E-state index is 0.610. The molecule has 0 aromatic heterocycles. The van der Waals surface area contributed by atoms with Crippen LogP contribution in [0.15, 0.2) is 0 Å². The van der Waals surface area contributed by atoms with E-state index < -0.39 is 0 Å². The molecular formula is C15H29N. The van der Waals surface area contributed by atoms with E-state index in [-0.39, 0.29) is 0 Å². The zero-order valence-electron chi connectivity index (χ0n) is 11.2. The van der Waals surface area contributed by atoms with Crippen LogP contribution in [0.3, 0.4) is 0 Å². The standard InChI is InChI=1S/C15H29N/c1-3-13-8-7-9-14(13)16-12-15(2)10-5-4-6-11-15/h13-14,16H,3-12H2,1-2H3. The van der Waals surface area contributed by atoms with Crippen molar-refractivity contribution in [2.24, 2.45) is 11.3 Å². The molecule has 1 heteroatoms. The van der Waals surface area contributed by atoms with Crippen LogP contribution < -0.4 is 5.32 Å². The van der Waals surface area contributed by atoms with Crippen LogP contribution in [0.1, 0.15) is 71.6 Å². The summed E-state index contributed by atoms with van der Waals surface area (Å²) in [6.45, 7) is 6.12. The summed E-state index contributed by atoms with van der Waals surface area (Å²) in [7, 11) is 0. The van der Waals surface area contributed by atoms with E-state index in [1.165, 1.54) is 64.3 Å². The molecule has 0 aliphatic heterocycles. The number of rotatable bonds is 4. The second-order valence-electron chi connectivity index (χ2n) is 6.46. The number of nitrogens with one attached hydrogen (secondary N) is 1. The third kappa shape index (κ3) is 3.00. The van der Waals surface area contributed by atoms with Crippen molar-refractivity contribution in [3.63, 3.8) is 0 Å². The summed E-state index contributed by atoms with van der Waals surface area (Å²) in [5.74, 6) is 0.965. The maximum atomic E-state index is 3.89. The van der Waals surface area contributed by atoms with Gasteiger partial charge in [0.2, 0.25) is 0 Å². The highest BCUT2D eigenvalue weighted by Crippen LogP contribution is 2.36. The Bertz CT molecular complexity index is 205. The van der Waals surface area contributed by atoms with Crippen molar-refractivity contribution < 1.29 is 0 Å². The Hall–Kier alpha value is -0.0400. The van der Waals surface area contributed by atoms with Crippen molar-refractivity contribution in [1.29, 1.82) is 0 Å². The van der Waals surface area contributed by atoms with Gasteiger partial charge in [0.15, 0.2) is 0 Å². The van der Waals surface area contributed by atoms with Gasteiger partial charge in [-0.1, -0.05) is 46.0 Å². The highest BCUT2D eigenvalue weighted by Gasteiger charge is 2.30. The lowest BCUT2D eigenvalue weighted by Crippen LogP contribution is -2.40. The zero-order valence-corrected chi connectivity index (χ0v) is 11.2. The molecule has 2 fully saturated rings. The van der Waals surface area contributed by atoms with Crippen LogP contribution in [0, 0.1) is 11.3 Å². The first-order valence-corrected chi connectivity index (χ1v) is 7.47. The van der Waals surface area contributed by atoms with E-state index in [0.29, 0.717) is 5.41 Å². The van der Waals surface area contributed by atoms with Crippen LogP contribution in [0.5, 0.6) is 0 Å². The molecule has 0 radical (unpaired) electrons. The summed E-state index contributed by atoms with van der Waals surface area (Å²) in [5.41, 5.74) is 0.610. The minimum Gasteiger partial charge on any atom is -0.313 e. The maximum absolute atomic E-state index is 3.89. The Labute approximate surface area is 101 Å². The summed E-state index contributed by atoms with van der Waals surface area (Å²) in [4.78, 5) is 0. The summed E-state index contributed by atoms with van der Waals surface area (Å²) >= 11 is 0. The minimum absolute atomic E-state index is 0.610. The molecule has 16 heavy (non-hydrogen) atoms. The fourth-order valence-corrected chi connectivity index (χ4v) is 3.75. The van der Waals surface area contributed by atoms with Gasteiger partial charge in [0, 0.05) is 12.6 Å². The smallest absolute Gasteiger partial charge is 0.00954 e. The van der Waals surface area contributed by atoms with Crippen LogP contribution in [0.25, 0.3) is 0 Å². The predicted molar refractivity (Wildman–Crippen MR) is 70.6 cm³/mol. The van der Waals surface area contributed by atoms with E-state index in [1.54, 1.807) is 0 Å². The summed E-state index contributed by atoms with van der Waals surface area (Å²) in [6.07, 6.45) is 13.0. The van der Waals surface area contributed by atoms with Gasteiger partial charge in [-0.2, -0.15) is 0 Å². The van der Waals surface area contributed by atoms with Crippen LogP contribution in [-0.2, 0) is 0 Å². The quantitative estimate of drug-likeness (QED) is 0.756. The van der Waals surface area contributed by atoms with Gasteiger partial charge in [0.05, 0.1) is 0 Å². The monoisotopic (exact) mass is 223 g/mol. The molecule has 1 N–H and O–H groups in total. The van der Waals surface area contributed by atoms with E-state index in [0.717, 1.165) is 12.0 Å². The molecule has 94 valence electrons. The highest BCUT2D eigenvalue weighted by atomic mass is 14.9. The van der Waals surface area contributed by atoms with E-state index in [4.69, 9.17) is 0 Å². The molecule has 1 nitrogen and oxygen atoms in total. The van der Waals surface area contributed by atoms with Gasteiger partial charge >= 0.3 is 0 Å². The van der Waals surface area contributed by atoms with Gasteiger partial charge in [-0.3, -0.25) is 0 Å². The fraction of sp³-hybridized carbons (Fsp3) is 1.00. The largest absolute Gasteiger partial charge is 0.313 e. The number of hydrogen-bond acceptors (Lipinski definition) is 1. The van der Waals surface area contributed by atoms with Gasteiger partial charge in [-0.05, 0) is 37.0 Å². The Morgan fingerprint density at radius 3 is 2.50 bits per heavy atom. The van der Waals surface area contributed by atoms with Crippen molar-refractivity contribution in [3.05, 3.63) is 0 Å². The molecule has 2 aliphatic carbocycles. The average Bonchev–Trinajstić information content (AvgIpc) is 2.75. The van der Waals surface area contributed by atoms with E-state index >= 15 is 0 Å². The molecule has 2 atom stereocenters. The summed E-state index contributed by atoms with van der Waals surface area (Å²) in [5, 5.41) is 3.89. The topological polar surface area (TPSA) is 12.0 Å². The predicted octanol–water partition coefficient (Wildman–Crippen LogP) is 4.13. The van der Waals surface area contributed by atoms with Crippen LogP contribution in [0.4, 0.5) is 0 Å². The van der Waals surface area contributed by atoms with Crippen LogP contribution >= 0.6 is 0 Å². The second kappa shape index (κ2) is 5.53. The molecular weight excluding hydrogens is 194 g/mol. The zero-order chi connectivity index (χ0) is 11.4. The molecule has 0 saturated heterocycles. The molecule has 2 rings (SSSR count). The highest BCUT2D eigenvalue weighted by molar-refractivity contribution is 4.87. The first-order valence-electron chi connectivity index (χ1n) is 7.47. The third-order valence-electron chi connectivity index (χ3n) is 5.04. The third-order valence-corrected chi connectivity index (χ3v) is 5.04. The average molecular weight is 223 g/mol. The molecule has 2 saturated carbocycles. The first kappa shape index (κ1) is 12.4. The van der Waals surface area contributed by atoms with Crippen molar-refractivity contribution in [2.75, 3.05) is 6.54 Å². The maximum Gasteiger partial charge on any atom is 0.00954 e. The van der Waals surface area contributed by atoms with E-state index in [9.17, 15) is 0 Å². The number of hydrogen-bond donors (Lipinski definition) is 1. The van der Waals surface area contributed by atoms with E-state index in [1.807, 2.05) is 0 Å². The van der Waals surface area contributed by atoms with Gasteiger partial charge in [0.1, 0.15) is 0 Å². The SMILES string of the molecule is CCC1CCCC1NCC1(C)CCCCC1. The summed E-state index contributed by atoms with van der Waals surface area (Å²) < 4.78 is 0. The lowest BCUT2D eigenvalue weighted by molar-refractivity contribution is 0.193. The fourth-order valence-electron chi connectivity index (χ4n) is 3.75.